The molecule has 0 spiro atoms. The van der Waals surface area contributed by atoms with Crippen LogP contribution in [0.3, 0.4) is 0 Å². The van der Waals surface area contributed by atoms with E-state index in [0.717, 1.165) is 37.0 Å². The predicted octanol–water partition coefficient (Wildman–Crippen LogP) is 6.76. The van der Waals surface area contributed by atoms with Crippen LogP contribution in [0.1, 0.15) is 41.6 Å². The van der Waals surface area contributed by atoms with Crippen LogP contribution in [0.5, 0.6) is 5.75 Å². The Morgan fingerprint density at radius 2 is 1.84 bits per heavy atom. The molecular formula is C27H25ClF5N3O2. The van der Waals surface area contributed by atoms with Gasteiger partial charge < -0.3 is 15.4 Å². The number of benzene rings is 2. The first kappa shape index (κ1) is 27.6. The molecule has 1 aromatic heterocycles. The van der Waals surface area contributed by atoms with E-state index >= 15 is 0 Å². The number of hydrogen-bond donors (Lipinski definition) is 2. The number of carbonyl (C=O) groups excluding carboxylic acids is 1. The lowest BCUT2D eigenvalue weighted by atomic mass is 9.80. The highest BCUT2D eigenvalue weighted by molar-refractivity contribution is 6.30. The molecule has 0 saturated heterocycles. The van der Waals surface area contributed by atoms with E-state index in [1.54, 1.807) is 12.1 Å². The fourth-order valence-corrected chi connectivity index (χ4v) is 4.31. The van der Waals surface area contributed by atoms with E-state index in [4.69, 9.17) is 11.6 Å². The molecule has 1 aliphatic carbocycles. The van der Waals surface area contributed by atoms with Crippen molar-refractivity contribution in [2.24, 2.45) is 0 Å². The van der Waals surface area contributed by atoms with Crippen LogP contribution in [-0.4, -0.2) is 29.6 Å². The first-order chi connectivity index (χ1) is 18.0. The lowest BCUT2D eigenvalue weighted by Crippen LogP contribution is -2.55. The number of nitrogens with zero attached hydrogens (tertiary/aromatic N) is 1. The molecule has 0 aliphatic heterocycles. The van der Waals surface area contributed by atoms with Gasteiger partial charge in [0, 0.05) is 24.7 Å². The highest BCUT2D eigenvalue weighted by Gasteiger charge is 2.45. The number of alkyl halides is 4. The topological polar surface area (TPSA) is 63.2 Å². The zero-order chi connectivity index (χ0) is 27.5. The number of ether oxygens (including phenoxy) is 1. The van der Waals surface area contributed by atoms with Crippen LogP contribution in [-0.2, 0) is 12.0 Å². The standard InChI is InChI=1S/C27H25ClF5N3O2/c1-16-5-7-17(8-6-16)14-26(23-10-9-19(28)15-34-23,36-25(37)35-21-3-2-4-21)18-11-20(29)13-22(12-18)38-27(32,33)24(30)31/h5-13,15,21,24H,2-4,14H2,1H3,(H2,35,36,37)/t26-/m0/s1. The number of amides is 2. The predicted molar refractivity (Wildman–Crippen MR) is 132 cm³/mol. The van der Waals surface area contributed by atoms with Crippen molar-refractivity contribution in [1.29, 1.82) is 0 Å². The van der Waals surface area contributed by atoms with Crippen molar-refractivity contribution in [1.82, 2.24) is 15.6 Å². The summed E-state index contributed by atoms with van der Waals surface area (Å²) in [6.07, 6.45) is -5.13. The van der Waals surface area contributed by atoms with Gasteiger partial charge in [0.15, 0.2) is 0 Å². The Kier molecular flexibility index (Phi) is 8.10. The van der Waals surface area contributed by atoms with Crippen LogP contribution in [0, 0.1) is 12.7 Å². The van der Waals surface area contributed by atoms with Crippen molar-refractivity contribution < 1.29 is 31.5 Å². The number of pyridine rings is 1. The lowest BCUT2D eigenvalue weighted by Gasteiger charge is -2.37. The van der Waals surface area contributed by atoms with Gasteiger partial charge in [0.2, 0.25) is 0 Å². The number of nitrogens with one attached hydrogen (secondary N) is 2. The summed E-state index contributed by atoms with van der Waals surface area (Å²) in [5.41, 5.74) is 0.199. The van der Waals surface area contributed by atoms with Crippen molar-refractivity contribution in [3.05, 3.63) is 94.0 Å². The Hall–Kier alpha value is -3.40. The van der Waals surface area contributed by atoms with Crippen LogP contribution in [0.4, 0.5) is 26.7 Å². The van der Waals surface area contributed by atoms with Gasteiger partial charge in [0.1, 0.15) is 17.1 Å². The van der Waals surface area contributed by atoms with Gasteiger partial charge >= 0.3 is 18.6 Å². The maximum Gasteiger partial charge on any atom is 0.461 e. The Bertz CT molecular complexity index is 1270. The average molecular weight is 554 g/mol. The molecule has 11 heteroatoms. The zero-order valence-electron chi connectivity index (χ0n) is 20.3. The number of rotatable bonds is 9. The van der Waals surface area contributed by atoms with Crippen molar-refractivity contribution in [3.63, 3.8) is 0 Å². The zero-order valence-corrected chi connectivity index (χ0v) is 21.0. The minimum Gasteiger partial charge on any atom is -0.428 e. The van der Waals surface area contributed by atoms with Gasteiger partial charge in [-0.3, -0.25) is 4.98 Å². The number of carbonyl (C=O) groups is 1. The molecule has 0 bridgehead atoms. The Morgan fingerprint density at radius 1 is 1.13 bits per heavy atom. The van der Waals surface area contributed by atoms with Gasteiger partial charge in [-0.05, 0) is 61.6 Å². The van der Waals surface area contributed by atoms with Crippen molar-refractivity contribution in [3.8, 4) is 5.75 Å². The summed E-state index contributed by atoms with van der Waals surface area (Å²) in [6, 6.07) is 12.2. The summed E-state index contributed by atoms with van der Waals surface area (Å²) in [7, 11) is 0. The fraction of sp³-hybridized carbons (Fsp3) is 0.333. The quantitative estimate of drug-likeness (QED) is 0.288. The van der Waals surface area contributed by atoms with Crippen LogP contribution < -0.4 is 15.4 Å². The molecule has 3 aromatic rings. The molecule has 0 unspecified atom stereocenters. The summed E-state index contributed by atoms with van der Waals surface area (Å²) in [4.78, 5) is 17.6. The minimum absolute atomic E-state index is 0.00807. The maximum absolute atomic E-state index is 14.8. The molecule has 1 heterocycles. The van der Waals surface area contributed by atoms with Crippen molar-refractivity contribution in [2.45, 2.75) is 56.7 Å². The van der Waals surface area contributed by atoms with E-state index in [1.807, 2.05) is 19.1 Å². The van der Waals surface area contributed by atoms with E-state index < -0.39 is 35.7 Å². The highest BCUT2D eigenvalue weighted by Crippen LogP contribution is 2.37. The van der Waals surface area contributed by atoms with Gasteiger partial charge in [-0.1, -0.05) is 41.4 Å². The molecule has 202 valence electrons. The van der Waals surface area contributed by atoms with E-state index in [2.05, 4.69) is 20.4 Å². The Labute approximate surface area is 221 Å². The van der Waals surface area contributed by atoms with Crippen molar-refractivity contribution in [2.75, 3.05) is 0 Å². The molecule has 2 N–H and O–H groups in total. The second-order valence-electron chi connectivity index (χ2n) is 9.30. The van der Waals surface area contributed by atoms with Gasteiger partial charge in [0.25, 0.3) is 0 Å². The van der Waals surface area contributed by atoms with Crippen molar-refractivity contribution >= 4 is 17.6 Å². The van der Waals surface area contributed by atoms with Gasteiger partial charge in [-0.25, -0.2) is 9.18 Å². The van der Waals surface area contributed by atoms with E-state index in [0.29, 0.717) is 11.6 Å². The monoisotopic (exact) mass is 553 g/mol. The molecule has 4 rings (SSSR count). The molecular weight excluding hydrogens is 529 g/mol. The van der Waals surface area contributed by atoms with Crippen LogP contribution in [0.25, 0.3) is 0 Å². The third-order valence-corrected chi connectivity index (χ3v) is 6.62. The molecule has 1 atom stereocenters. The third kappa shape index (κ3) is 6.35. The smallest absolute Gasteiger partial charge is 0.428 e. The lowest BCUT2D eigenvalue weighted by molar-refractivity contribution is -0.253. The minimum atomic E-state index is -4.86. The summed E-state index contributed by atoms with van der Waals surface area (Å²) in [5, 5.41) is 6.01. The first-order valence-electron chi connectivity index (χ1n) is 11.9. The summed E-state index contributed by atoms with van der Waals surface area (Å²) < 4.78 is 72.2. The molecule has 2 amide bonds. The number of halogens is 6. The third-order valence-electron chi connectivity index (χ3n) is 6.39. The van der Waals surface area contributed by atoms with Gasteiger partial charge in [-0.2, -0.15) is 17.6 Å². The highest BCUT2D eigenvalue weighted by atomic mass is 35.5. The van der Waals surface area contributed by atoms with Crippen LogP contribution in [0.2, 0.25) is 5.02 Å². The molecule has 5 nitrogen and oxygen atoms in total. The fourth-order valence-electron chi connectivity index (χ4n) is 4.20. The molecule has 1 aliphatic rings. The van der Waals surface area contributed by atoms with Crippen LogP contribution in [0.15, 0.2) is 60.8 Å². The average Bonchev–Trinajstić information content (AvgIpc) is 2.82. The number of urea groups is 1. The summed E-state index contributed by atoms with van der Waals surface area (Å²) in [5.74, 6) is -1.88. The maximum atomic E-state index is 14.8. The molecule has 1 fully saturated rings. The summed E-state index contributed by atoms with van der Waals surface area (Å²) in [6.45, 7) is 1.89. The molecule has 0 radical (unpaired) electrons. The van der Waals surface area contributed by atoms with Gasteiger partial charge in [-0.15, -0.1) is 0 Å². The van der Waals surface area contributed by atoms with E-state index in [-0.39, 0.29) is 28.7 Å². The normalized spacial score (nSPS) is 15.5. The van der Waals surface area contributed by atoms with Gasteiger partial charge in [0.05, 0.1) is 10.7 Å². The summed E-state index contributed by atoms with van der Waals surface area (Å²) >= 11 is 6.04. The van der Waals surface area contributed by atoms with E-state index in [1.165, 1.54) is 18.3 Å². The molecule has 2 aromatic carbocycles. The first-order valence-corrected chi connectivity index (χ1v) is 12.3. The second kappa shape index (κ2) is 11.1. The Morgan fingerprint density at radius 3 is 2.42 bits per heavy atom. The Balaban J connectivity index is 1.87. The number of aromatic nitrogens is 1. The molecule has 1 saturated carbocycles. The number of aryl methyl sites for hydroxylation is 1. The van der Waals surface area contributed by atoms with Crippen LogP contribution >= 0.6 is 11.6 Å². The second-order valence-corrected chi connectivity index (χ2v) is 9.73. The molecule has 38 heavy (non-hydrogen) atoms. The van der Waals surface area contributed by atoms with E-state index in [9.17, 15) is 26.7 Å². The largest absolute Gasteiger partial charge is 0.461 e. The number of hydrogen-bond acceptors (Lipinski definition) is 3. The SMILES string of the molecule is Cc1ccc(C[C@](NC(=O)NC2CCC2)(c2cc(F)cc(OC(F)(F)C(F)F)c2)c2ccc(Cl)cn2)cc1.